The fraction of sp³-hybridized carbons (Fsp3) is 0.357. The number of halogens is 1. The normalized spacial score (nSPS) is 17.1. The van der Waals surface area contributed by atoms with Crippen molar-refractivity contribution in [3.63, 3.8) is 0 Å². The van der Waals surface area contributed by atoms with Crippen LogP contribution >= 0.6 is 11.6 Å². The van der Waals surface area contributed by atoms with Crippen LogP contribution in [0.25, 0.3) is 10.8 Å². The fourth-order valence-corrected chi connectivity index (χ4v) is 5.28. The Morgan fingerprint density at radius 3 is 2.46 bits per heavy atom. The molecule has 2 fully saturated rings. The average molecular weight is 486 g/mol. The van der Waals surface area contributed by atoms with Crippen molar-refractivity contribution in [2.45, 2.75) is 38.1 Å². The van der Waals surface area contributed by atoms with E-state index in [0.717, 1.165) is 42.3 Å². The lowest BCUT2D eigenvalue weighted by Crippen LogP contribution is -2.48. The van der Waals surface area contributed by atoms with Gasteiger partial charge in [-0.05, 0) is 75.2 Å². The fourth-order valence-electron chi connectivity index (χ4n) is 5.11. The predicted molar refractivity (Wildman–Crippen MR) is 138 cm³/mol. The molecule has 0 bridgehead atoms. The van der Waals surface area contributed by atoms with E-state index in [2.05, 4.69) is 26.8 Å². The number of benzene rings is 2. The van der Waals surface area contributed by atoms with E-state index in [1.165, 1.54) is 32.4 Å². The van der Waals surface area contributed by atoms with Gasteiger partial charge in [0.2, 0.25) is 0 Å². The van der Waals surface area contributed by atoms with Crippen LogP contribution in [0, 0.1) is 17.4 Å². The Bertz CT molecular complexity index is 1300. The molecule has 3 aromatic rings. The van der Waals surface area contributed by atoms with Crippen LogP contribution in [0.1, 0.15) is 53.6 Å². The molecule has 0 unspecified atom stereocenters. The van der Waals surface area contributed by atoms with Gasteiger partial charge in [-0.3, -0.25) is 4.79 Å². The molecule has 2 saturated heterocycles. The zero-order valence-corrected chi connectivity index (χ0v) is 20.4. The molecule has 0 aliphatic carbocycles. The summed E-state index contributed by atoms with van der Waals surface area (Å²) in [4.78, 5) is 21.9. The zero-order valence-electron chi connectivity index (χ0n) is 19.6. The molecule has 6 nitrogen and oxygen atoms in total. The Kier molecular flexibility index (Phi) is 7.08. The van der Waals surface area contributed by atoms with Crippen molar-refractivity contribution < 1.29 is 4.79 Å². The molecule has 1 amide bonds. The monoisotopic (exact) mass is 485 g/mol. The molecule has 0 atom stereocenters. The number of nitrogens with zero attached hydrogens (tertiary/aromatic N) is 4. The summed E-state index contributed by atoms with van der Waals surface area (Å²) in [7, 11) is 0. The third-order valence-corrected chi connectivity index (χ3v) is 7.30. The summed E-state index contributed by atoms with van der Waals surface area (Å²) in [6, 6.07) is 13.5. The van der Waals surface area contributed by atoms with Crippen LogP contribution in [0.15, 0.2) is 53.8 Å². The summed E-state index contributed by atoms with van der Waals surface area (Å²) in [5, 5.41) is 5.81. The summed E-state index contributed by atoms with van der Waals surface area (Å²) in [6.45, 7) is 4.05. The van der Waals surface area contributed by atoms with Crippen molar-refractivity contribution >= 4 is 34.1 Å². The Balaban J connectivity index is 1.28. The van der Waals surface area contributed by atoms with E-state index in [4.69, 9.17) is 17.1 Å². The van der Waals surface area contributed by atoms with Gasteiger partial charge in [0.25, 0.3) is 5.91 Å². The number of carbonyl (C=O) groups excluding carboxylic acids is 1. The first-order chi connectivity index (χ1) is 17.1. The average Bonchev–Trinajstić information content (AvgIpc) is 2.92. The standard InChI is InChI=1S/C28H28ClN5O/c29-23-10-9-22-19-31-27(32-30)25(26(22)18-23)11-6-20-4-7-21(8-5-20)28(35)34-16-12-24(13-17-34)33-14-2-1-3-15-33/h4-5,7-10,18-19,24,30H,1-3,12-17H2. The van der Waals surface area contributed by atoms with Crippen LogP contribution in [0.3, 0.4) is 0 Å². The van der Waals surface area contributed by atoms with Gasteiger partial charge in [0.05, 0.1) is 5.56 Å². The second-order valence-corrected chi connectivity index (χ2v) is 9.68. The van der Waals surface area contributed by atoms with Crippen LogP contribution in [0.5, 0.6) is 0 Å². The van der Waals surface area contributed by atoms with Crippen LogP contribution < -0.4 is 0 Å². The second kappa shape index (κ2) is 10.6. The zero-order chi connectivity index (χ0) is 24.2. The maximum absolute atomic E-state index is 13.1. The molecule has 2 aromatic carbocycles. The van der Waals surface area contributed by atoms with E-state index in [0.29, 0.717) is 22.2 Å². The molecule has 178 valence electrons. The first kappa shape index (κ1) is 23.5. The summed E-state index contributed by atoms with van der Waals surface area (Å²) >= 11 is 6.18. The van der Waals surface area contributed by atoms with E-state index >= 15 is 0 Å². The number of pyridine rings is 1. The Morgan fingerprint density at radius 2 is 1.74 bits per heavy atom. The minimum Gasteiger partial charge on any atom is -0.339 e. The SMILES string of the molecule is N=Nc1ncc2ccc(Cl)cc2c1C#Cc1ccc(C(=O)N2CCC(N3CCCCC3)CC2)cc1. The number of likely N-dealkylation sites (tertiary alicyclic amines) is 2. The van der Waals surface area contributed by atoms with Crippen molar-refractivity contribution in [3.05, 3.63) is 70.4 Å². The molecule has 0 spiro atoms. The lowest BCUT2D eigenvalue weighted by molar-refractivity contribution is 0.0590. The summed E-state index contributed by atoms with van der Waals surface area (Å²) in [6.07, 6.45) is 7.74. The quantitative estimate of drug-likeness (QED) is 0.363. The van der Waals surface area contributed by atoms with Gasteiger partial charge >= 0.3 is 0 Å². The Labute approximate surface area is 210 Å². The molecule has 0 saturated carbocycles. The first-order valence-corrected chi connectivity index (χ1v) is 12.6. The molecular formula is C28H28ClN5O. The Morgan fingerprint density at radius 1 is 1.00 bits per heavy atom. The van der Waals surface area contributed by atoms with Crippen molar-refractivity contribution in [3.8, 4) is 11.8 Å². The topological polar surface area (TPSA) is 72.6 Å². The van der Waals surface area contributed by atoms with Crippen molar-refractivity contribution in [1.29, 1.82) is 5.53 Å². The molecule has 7 heteroatoms. The number of nitrogens with one attached hydrogen (secondary N) is 1. The number of aromatic nitrogens is 1. The van der Waals surface area contributed by atoms with Gasteiger partial charge in [-0.2, -0.15) is 0 Å². The summed E-state index contributed by atoms with van der Waals surface area (Å²) in [5.41, 5.74) is 9.49. The van der Waals surface area contributed by atoms with Gasteiger partial charge in [-0.15, -0.1) is 5.11 Å². The highest BCUT2D eigenvalue weighted by Crippen LogP contribution is 2.28. The second-order valence-electron chi connectivity index (χ2n) is 9.25. The lowest BCUT2D eigenvalue weighted by atomic mass is 9.99. The van der Waals surface area contributed by atoms with E-state index in [1.54, 1.807) is 12.3 Å². The molecule has 1 aromatic heterocycles. The van der Waals surface area contributed by atoms with Gasteiger partial charge in [-0.1, -0.05) is 35.9 Å². The van der Waals surface area contributed by atoms with E-state index in [9.17, 15) is 4.79 Å². The maximum atomic E-state index is 13.1. The highest BCUT2D eigenvalue weighted by Gasteiger charge is 2.28. The van der Waals surface area contributed by atoms with Crippen LogP contribution in [-0.2, 0) is 0 Å². The van der Waals surface area contributed by atoms with Crippen molar-refractivity contribution in [2.24, 2.45) is 5.11 Å². The molecular weight excluding hydrogens is 458 g/mol. The number of amides is 1. The lowest BCUT2D eigenvalue weighted by Gasteiger charge is -2.40. The molecule has 5 rings (SSSR count). The number of fused-ring (bicyclic) bond motifs is 1. The van der Waals surface area contributed by atoms with E-state index in [-0.39, 0.29) is 11.7 Å². The first-order valence-electron chi connectivity index (χ1n) is 12.2. The smallest absolute Gasteiger partial charge is 0.253 e. The van der Waals surface area contributed by atoms with Gasteiger partial charge < -0.3 is 9.80 Å². The van der Waals surface area contributed by atoms with Gasteiger partial charge in [0, 0.05) is 52.3 Å². The van der Waals surface area contributed by atoms with Gasteiger partial charge in [0.15, 0.2) is 5.82 Å². The Hall–Kier alpha value is -3.27. The molecule has 35 heavy (non-hydrogen) atoms. The molecule has 2 aliphatic rings. The van der Waals surface area contributed by atoms with Crippen molar-refractivity contribution in [1.82, 2.24) is 14.8 Å². The number of rotatable bonds is 3. The largest absolute Gasteiger partial charge is 0.339 e. The number of hydrogen-bond acceptors (Lipinski definition) is 5. The molecule has 1 N–H and O–H groups in total. The molecule has 3 heterocycles. The maximum Gasteiger partial charge on any atom is 0.253 e. The number of carbonyl (C=O) groups is 1. The molecule has 2 aliphatic heterocycles. The summed E-state index contributed by atoms with van der Waals surface area (Å²) in [5.74, 6) is 6.59. The predicted octanol–water partition coefficient (Wildman–Crippen LogP) is 6.04. The summed E-state index contributed by atoms with van der Waals surface area (Å²) < 4.78 is 0. The van der Waals surface area contributed by atoms with E-state index in [1.807, 2.05) is 41.3 Å². The van der Waals surface area contributed by atoms with E-state index < -0.39 is 0 Å². The van der Waals surface area contributed by atoms with Crippen LogP contribution in [-0.4, -0.2) is 52.9 Å². The third kappa shape index (κ3) is 5.22. The highest BCUT2D eigenvalue weighted by atomic mass is 35.5. The minimum absolute atomic E-state index is 0.0878. The minimum atomic E-state index is 0.0878. The van der Waals surface area contributed by atoms with Crippen LogP contribution in [0.2, 0.25) is 5.02 Å². The van der Waals surface area contributed by atoms with Crippen LogP contribution in [0.4, 0.5) is 5.82 Å². The van der Waals surface area contributed by atoms with Gasteiger partial charge in [-0.25, -0.2) is 10.5 Å². The van der Waals surface area contributed by atoms with Gasteiger partial charge in [0.1, 0.15) is 0 Å². The third-order valence-electron chi connectivity index (χ3n) is 7.06. The highest BCUT2D eigenvalue weighted by molar-refractivity contribution is 6.31. The van der Waals surface area contributed by atoms with Crippen molar-refractivity contribution in [2.75, 3.05) is 26.2 Å². The number of hydrogen-bond donors (Lipinski definition) is 1. The molecule has 0 radical (unpaired) electrons. The number of piperidine rings is 2.